The molecule has 5 heteroatoms. The van der Waals surface area contributed by atoms with E-state index in [0.29, 0.717) is 6.54 Å². The molecule has 0 radical (unpaired) electrons. The lowest BCUT2D eigenvalue weighted by molar-refractivity contribution is -0.138. The summed E-state index contributed by atoms with van der Waals surface area (Å²) in [6, 6.07) is 0.136. The fourth-order valence-electron chi connectivity index (χ4n) is 2.90. The number of hydrogen-bond acceptors (Lipinski definition) is 3. The maximum atomic E-state index is 12.4. The molecule has 0 aromatic carbocycles. The fourth-order valence-corrected chi connectivity index (χ4v) is 2.90. The van der Waals surface area contributed by atoms with Crippen LogP contribution in [0, 0.1) is 5.92 Å². The molecule has 0 aromatic heterocycles. The predicted octanol–water partition coefficient (Wildman–Crippen LogP) is 0.113. The molecule has 18 heavy (non-hydrogen) atoms. The monoisotopic (exact) mass is 253 g/mol. The van der Waals surface area contributed by atoms with Crippen molar-refractivity contribution < 1.29 is 9.59 Å². The number of nitrogens with zero attached hydrogens (tertiary/aromatic N) is 1. The third-order valence-corrected chi connectivity index (χ3v) is 3.79. The summed E-state index contributed by atoms with van der Waals surface area (Å²) in [7, 11) is 0. The molecule has 2 aliphatic rings. The second-order valence-electron chi connectivity index (χ2n) is 5.37. The highest BCUT2D eigenvalue weighted by Crippen LogP contribution is 2.17. The van der Waals surface area contributed by atoms with Crippen molar-refractivity contribution in [1.82, 2.24) is 15.5 Å². The van der Waals surface area contributed by atoms with Crippen molar-refractivity contribution in [2.75, 3.05) is 26.2 Å². The Morgan fingerprint density at radius 3 is 2.78 bits per heavy atom. The van der Waals surface area contributed by atoms with Gasteiger partial charge in [0.25, 0.3) is 0 Å². The SMILES string of the molecule is CC(=O)N[C@@H]1CCCN(C(=O)[C@H]2CCCNC2)C1. The van der Waals surface area contributed by atoms with Crippen molar-refractivity contribution in [3.63, 3.8) is 0 Å². The molecule has 2 fully saturated rings. The molecular formula is C13H23N3O2. The van der Waals surface area contributed by atoms with Crippen molar-refractivity contribution in [1.29, 1.82) is 0 Å². The highest BCUT2D eigenvalue weighted by atomic mass is 16.2. The Morgan fingerprint density at radius 2 is 2.11 bits per heavy atom. The minimum Gasteiger partial charge on any atom is -0.352 e. The van der Waals surface area contributed by atoms with E-state index in [4.69, 9.17) is 0 Å². The van der Waals surface area contributed by atoms with E-state index in [1.807, 2.05) is 4.90 Å². The lowest BCUT2D eigenvalue weighted by Gasteiger charge is -2.36. The number of nitrogens with one attached hydrogen (secondary N) is 2. The Kier molecular flexibility index (Phi) is 4.58. The molecule has 5 nitrogen and oxygen atoms in total. The molecule has 2 N–H and O–H groups in total. The van der Waals surface area contributed by atoms with Crippen LogP contribution in [0.1, 0.15) is 32.6 Å². The van der Waals surface area contributed by atoms with Crippen molar-refractivity contribution in [2.24, 2.45) is 5.92 Å². The van der Waals surface area contributed by atoms with Crippen molar-refractivity contribution in [3.8, 4) is 0 Å². The van der Waals surface area contributed by atoms with Crippen molar-refractivity contribution in [3.05, 3.63) is 0 Å². The number of hydrogen-bond donors (Lipinski definition) is 2. The summed E-state index contributed by atoms with van der Waals surface area (Å²) < 4.78 is 0. The first-order valence-corrected chi connectivity index (χ1v) is 6.93. The van der Waals surface area contributed by atoms with E-state index in [1.165, 1.54) is 6.92 Å². The highest BCUT2D eigenvalue weighted by Gasteiger charge is 2.29. The largest absolute Gasteiger partial charge is 0.352 e. The van der Waals surface area contributed by atoms with Crippen LogP contribution in [0.2, 0.25) is 0 Å². The molecule has 0 aliphatic carbocycles. The first kappa shape index (κ1) is 13.3. The second kappa shape index (κ2) is 6.18. The number of likely N-dealkylation sites (tertiary alicyclic amines) is 1. The Balaban J connectivity index is 1.87. The van der Waals surface area contributed by atoms with Gasteiger partial charge in [0.15, 0.2) is 0 Å². The zero-order valence-electron chi connectivity index (χ0n) is 11.1. The summed E-state index contributed by atoms with van der Waals surface area (Å²) in [5.74, 6) is 0.390. The lowest BCUT2D eigenvalue weighted by atomic mass is 9.96. The number of piperidine rings is 2. The van der Waals surface area contributed by atoms with Crippen LogP contribution in [0.5, 0.6) is 0 Å². The van der Waals surface area contributed by atoms with Gasteiger partial charge in [-0.2, -0.15) is 0 Å². The van der Waals surface area contributed by atoms with Gasteiger partial charge in [0.05, 0.1) is 5.92 Å². The Labute approximate surface area is 108 Å². The van der Waals surface area contributed by atoms with Gasteiger partial charge in [0.1, 0.15) is 0 Å². The zero-order valence-corrected chi connectivity index (χ0v) is 11.1. The summed E-state index contributed by atoms with van der Waals surface area (Å²) in [5, 5.41) is 6.20. The average molecular weight is 253 g/mol. The molecular weight excluding hydrogens is 230 g/mol. The molecule has 2 atom stereocenters. The third kappa shape index (κ3) is 3.45. The van der Waals surface area contributed by atoms with Gasteiger partial charge >= 0.3 is 0 Å². The smallest absolute Gasteiger partial charge is 0.227 e. The second-order valence-corrected chi connectivity index (χ2v) is 5.37. The molecule has 102 valence electrons. The van der Waals surface area contributed by atoms with E-state index in [0.717, 1.165) is 45.3 Å². The maximum absolute atomic E-state index is 12.4. The molecule has 0 unspecified atom stereocenters. The molecule has 2 amide bonds. The molecule has 0 saturated carbocycles. The maximum Gasteiger partial charge on any atom is 0.227 e. The van der Waals surface area contributed by atoms with E-state index in [1.54, 1.807) is 0 Å². The number of rotatable bonds is 2. The molecule has 2 saturated heterocycles. The van der Waals surface area contributed by atoms with E-state index in [-0.39, 0.29) is 23.8 Å². The molecule has 0 spiro atoms. The van der Waals surface area contributed by atoms with Crippen LogP contribution >= 0.6 is 0 Å². The van der Waals surface area contributed by atoms with Gasteiger partial charge in [-0.25, -0.2) is 0 Å². The lowest BCUT2D eigenvalue weighted by Crippen LogP contribution is -2.52. The van der Waals surface area contributed by atoms with E-state index < -0.39 is 0 Å². The van der Waals surface area contributed by atoms with Gasteiger partial charge < -0.3 is 15.5 Å². The minimum absolute atomic E-state index is 0.00590. The summed E-state index contributed by atoms with van der Waals surface area (Å²) >= 11 is 0. The number of carbonyl (C=O) groups excluding carboxylic acids is 2. The standard InChI is InChI=1S/C13H23N3O2/c1-10(17)15-12-5-3-7-16(9-12)13(18)11-4-2-6-14-8-11/h11-12,14H,2-9H2,1H3,(H,15,17)/t11-,12+/m0/s1. The van der Waals surface area contributed by atoms with Crippen molar-refractivity contribution >= 4 is 11.8 Å². The van der Waals surface area contributed by atoms with Crippen LogP contribution in [-0.2, 0) is 9.59 Å². The first-order valence-electron chi connectivity index (χ1n) is 6.93. The Morgan fingerprint density at radius 1 is 1.28 bits per heavy atom. The first-order chi connectivity index (χ1) is 8.66. The van der Waals surface area contributed by atoms with Gasteiger partial charge in [-0.1, -0.05) is 0 Å². The van der Waals surface area contributed by atoms with Crippen LogP contribution in [0.15, 0.2) is 0 Å². The number of amides is 2. The van der Waals surface area contributed by atoms with Gasteiger partial charge in [-0.3, -0.25) is 9.59 Å². The summed E-state index contributed by atoms with van der Waals surface area (Å²) in [6.45, 7) is 4.88. The van der Waals surface area contributed by atoms with Gasteiger partial charge in [0.2, 0.25) is 11.8 Å². The summed E-state index contributed by atoms with van der Waals surface area (Å²) in [6.07, 6.45) is 4.04. The summed E-state index contributed by atoms with van der Waals surface area (Å²) in [4.78, 5) is 25.4. The summed E-state index contributed by atoms with van der Waals surface area (Å²) in [5.41, 5.74) is 0. The van der Waals surface area contributed by atoms with E-state index >= 15 is 0 Å². The zero-order chi connectivity index (χ0) is 13.0. The average Bonchev–Trinajstić information content (AvgIpc) is 2.38. The topological polar surface area (TPSA) is 61.4 Å². The van der Waals surface area contributed by atoms with E-state index in [2.05, 4.69) is 10.6 Å². The van der Waals surface area contributed by atoms with Crippen LogP contribution in [0.4, 0.5) is 0 Å². The third-order valence-electron chi connectivity index (χ3n) is 3.79. The van der Waals surface area contributed by atoms with E-state index in [9.17, 15) is 9.59 Å². The normalized spacial score (nSPS) is 28.8. The molecule has 2 aliphatic heterocycles. The molecule has 2 heterocycles. The Hall–Kier alpha value is -1.10. The van der Waals surface area contributed by atoms with Crippen LogP contribution in [0.3, 0.4) is 0 Å². The molecule has 0 bridgehead atoms. The highest BCUT2D eigenvalue weighted by molar-refractivity contribution is 5.79. The van der Waals surface area contributed by atoms with Crippen LogP contribution in [0.25, 0.3) is 0 Å². The van der Waals surface area contributed by atoms with Crippen LogP contribution in [-0.4, -0.2) is 48.9 Å². The quantitative estimate of drug-likeness (QED) is 0.734. The Bertz CT molecular complexity index is 313. The van der Waals surface area contributed by atoms with Crippen LogP contribution < -0.4 is 10.6 Å². The molecule has 0 aromatic rings. The predicted molar refractivity (Wildman–Crippen MR) is 69.0 cm³/mol. The van der Waals surface area contributed by atoms with Gasteiger partial charge in [-0.05, 0) is 32.2 Å². The fraction of sp³-hybridized carbons (Fsp3) is 0.846. The van der Waals surface area contributed by atoms with Gasteiger partial charge in [0, 0.05) is 32.6 Å². The van der Waals surface area contributed by atoms with Gasteiger partial charge in [-0.15, -0.1) is 0 Å². The number of carbonyl (C=O) groups is 2. The minimum atomic E-state index is -0.00590. The van der Waals surface area contributed by atoms with Crippen molar-refractivity contribution in [2.45, 2.75) is 38.6 Å². The molecule has 2 rings (SSSR count).